The van der Waals surface area contributed by atoms with Crippen molar-refractivity contribution in [1.82, 2.24) is 18.7 Å². The van der Waals surface area contributed by atoms with Crippen molar-refractivity contribution >= 4 is 34.4 Å². The Labute approximate surface area is 140 Å². The van der Waals surface area contributed by atoms with E-state index in [-0.39, 0.29) is 12.1 Å². The highest BCUT2D eigenvalue weighted by molar-refractivity contribution is 7.00. The van der Waals surface area contributed by atoms with Crippen LogP contribution in [-0.2, 0) is 0 Å². The summed E-state index contributed by atoms with van der Waals surface area (Å²) in [6.45, 7) is 1.52. The van der Waals surface area contributed by atoms with Gasteiger partial charge in [0, 0.05) is 30.9 Å². The van der Waals surface area contributed by atoms with E-state index in [4.69, 9.17) is 0 Å². The molecule has 0 saturated carbocycles. The zero-order chi connectivity index (χ0) is 16.3. The molecule has 122 valence electrons. The molecule has 0 N–H and O–H groups in total. The van der Waals surface area contributed by atoms with E-state index < -0.39 is 11.6 Å². The van der Waals surface area contributed by atoms with Crippen LogP contribution in [0.1, 0.15) is 6.42 Å². The van der Waals surface area contributed by atoms with Gasteiger partial charge in [-0.15, -0.1) is 0 Å². The van der Waals surface area contributed by atoms with Crippen LogP contribution < -0.4 is 9.80 Å². The van der Waals surface area contributed by atoms with Crippen molar-refractivity contribution in [2.75, 3.05) is 22.9 Å². The summed E-state index contributed by atoms with van der Waals surface area (Å²) in [5.74, 6) is -0.812. The quantitative estimate of drug-likeness (QED) is 0.709. The molecule has 4 heterocycles. The maximum absolute atomic E-state index is 13.5. The molecule has 6 nitrogen and oxygen atoms in total. The normalized spacial score (nSPS) is 22.8. The van der Waals surface area contributed by atoms with E-state index in [1.165, 1.54) is 18.5 Å². The topological polar surface area (TPSA) is 58.0 Å². The monoisotopic (exact) mass is 346 g/mol. The van der Waals surface area contributed by atoms with Gasteiger partial charge in [0.15, 0.2) is 28.6 Å². The lowest BCUT2D eigenvalue weighted by atomic mass is 10.2. The number of anilines is 2. The van der Waals surface area contributed by atoms with E-state index in [1.807, 2.05) is 0 Å². The van der Waals surface area contributed by atoms with Gasteiger partial charge < -0.3 is 9.80 Å². The Balaban J connectivity index is 1.44. The van der Waals surface area contributed by atoms with Crippen molar-refractivity contribution in [1.29, 1.82) is 0 Å². The first-order valence-electron chi connectivity index (χ1n) is 7.62. The SMILES string of the molecule is Fc1ccc(N2C[C@H]3C[C@H]2CN3c2ncnc3nsnc23)cc1F. The Kier molecular flexibility index (Phi) is 2.93. The third-order valence-corrected chi connectivity index (χ3v) is 5.31. The first kappa shape index (κ1) is 14.0. The molecule has 2 aromatic heterocycles. The van der Waals surface area contributed by atoms with Crippen LogP contribution >= 0.6 is 11.7 Å². The number of hydrogen-bond donors (Lipinski definition) is 0. The number of benzene rings is 1. The molecule has 2 aliphatic rings. The van der Waals surface area contributed by atoms with Gasteiger partial charge in [-0.25, -0.2) is 18.7 Å². The molecule has 2 fully saturated rings. The number of nitrogens with zero attached hydrogens (tertiary/aromatic N) is 6. The van der Waals surface area contributed by atoms with E-state index in [1.54, 1.807) is 6.07 Å². The van der Waals surface area contributed by atoms with Gasteiger partial charge in [0.25, 0.3) is 0 Å². The molecule has 0 aliphatic carbocycles. The second-order valence-corrected chi connectivity index (χ2v) is 6.61. The van der Waals surface area contributed by atoms with Gasteiger partial charge in [0.05, 0.1) is 17.8 Å². The predicted octanol–water partition coefficient (Wildman–Crippen LogP) is 2.23. The average Bonchev–Trinajstić information content (AvgIpc) is 3.31. The minimum absolute atomic E-state index is 0.247. The Morgan fingerprint density at radius 1 is 1.00 bits per heavy atom. The molecule has 24 heavy (non-hydrogen) atoms. The number of piperazine rings is 1. The predicted molar refractivity (Wildman–Crippen MR) is 86.2 cm³/mol. The molecule has 1 aromatic carbocycles. The van der Waals surface area contributed by atoms with E-state index in [9.17, 15) is 8.78 Å². The van der Waals surface area contributed by atoms with Gasteiger partial charge in [-0.05, 0) is 18.6 Å². The van der Waals surface area contributed by atoms with Crippen LogP contribution in [0.25, 0.3) is 11.2 Å². The van der Waals surface area contributed by atoms with E-state index >= 15 is 0 Å². The van der Waals surface area contributed by atoms with Crippen LogP contribution in [0, 0.1) is 11.6 Å². The second-order valence-electron chi connectivity index (χ2n) is 6.08. The summed E-state index contributed by atoms with van der Waals surface area (Å²) in [7, 11) is 0. The maximum atomic E-state index is 13.5. The lowest BCUT2D eigenvalue weighted by Crippen LogP contribution is -2.47. The molecule has 3 aromatic rings. The fourth-order valence-corrected chi connectivity index (χ4v) is 4.22. The van der Waals surface area contributed by atoms with Crippen LogP contribution in [0.4, 0.5) is 20.3 Å². The fourth-order valence-electron chi connectivity index (χ4n) is 3.73. The van der Waals surface area contributed by atoms with Crippen LogP contribution in [-0.4, -0.2) is 43.9 Å². The Morgan fingerprint density at radius 2 is 1.83 bits per heavy atom. The van der Waals surface area contributed by atoms with Crippen molar-refractivity contribution in [2.45, 2.75) is 18.5 Å². The van der Waals surface area contributed by atoms with Crippen molar-refractivity contribution in [3.05, 3.63) is 36.2 Å². The summed E-state index contributed by atoms with van der Waals surface area (Å²) in [6, 6.07) is 4.60. The number of halogens is 2. The van der Waals surface area contributed by atoms with Gasteiger partial charge in [-0.2, -0.15) is 8.75 Å². The zero-order valence-electron chi connectivity index (χ0n) is 12.4. The number of hydrogen-bond acceptors (Lipinski definition) is 7. The highest BCUT2D eigenvalue weighted by Gasteiger charge is 2.44. The van der Waals surface area contributed by atoms with Gasteiger partial charge >= 0.3 is 0 Å². The van der Waals surface area contributed by atoms with Gasteiger partial charge in [0.2, 0.25) is 0 Å². The molecule has 0 radical (unpaired) electrons. The number of aromatic nitrogens is 4. The number of fused-ring (bicyclic) bond motifs is 3. The smallest absolute Gasteiger partial charge is 0.198 e. The Hall–Kier alpha value is -2.42. The van der Waals surface area contributed by atoms with Gasteiger partial charge in [0.1, 0.15) is 6.33 Å². The molecule has 0 unspecified atom stereocenters. The van der Waals surface area contributed by atoms with E-state index in [0.717, 1.165) is 48.3 Å². The molecule has 2 bridgehead atoms. The van der Waals surface area contributed by atoms with Crippen molar-refractivity contribution in [2.24, 2.45) is 0 Å². The minimum Gasteiger partial charge on any atom is -0.365 e. The Bertz CT molecular complexity index is 931. The lowest BCUT2D eigenvalue weighted by molar-refractivity contribution is 0.507. The number of rotatable bonds is 2. The van der Waals surface area contributed by atoms with Crippen LogP contribution in [0.5, 0.6) is 0 Å². The summed E-state index contributed by atoms with van der Waals surface area (Å²) in [4.78, 5) is 12.9. The van der Waals surface area contributed by atoms with Crippen molar-refractivity contribution in [3.8, 4) is 0 Å². The lowest BCUT2D eigenvalue weighted by Gasteiger charge is -2.36. The van der Waals surface area contributed by atoms with Crippen LogP contribution in [0.3, 0.4) is 0 Å². The zero-order valence-corrected chi connectivity index (χ0v) is 13.2. The largest absolute Gasteiger partial charge is 0.365 e. The summed E-state index contributed by atoms with van der Waals surface area (Å²) in [6.07, 6.45) is 2.47. The molecular weight excluding hydrogens is 334 g/mol. The summed E-state index contributed by atoms with van der Waals surface area (Å²) in [5, 5.41) is 0. The summed E-state index contributed by atoms with van der Waals surface area (Å²) in [5.41, 5.74) is 2.07. The van der Waals surface area contributed by atoms with Crippen LogP contribution in [0.15, 0.2) is 24.5 Å². The highest BCUT2D eigenvalue weighted by atomic mass is 32.1. The Morgan fingerprint density at radius 3 is 2.62 bits per heavy atom. The fraction of sp³-hybridized carbons (Fsp3) is 0.333. The molecule has 5 rings (SSSR count). The molecular formula is C15H12F2N6S. The molecule has 9 heteroatoms. The van der Waals surface area contributed by atoms with Crippen LogP contribution in [0.2, 0.25) is 0 Å². The highest BCUT2D eigenvalue weighted by Crippen LogP contribution is 2.38. The van der Waals surface area contributed by atoms with Crippen molar-refractivity contribution in [3.63, 3.8) is 0 Å². The first-order chi connectivity index (χ1) is 11.7. The third-order valence-electron chi connectivity index (χ3n) is 4.79. The van der Waals surface area contributed by atoms with Gasteiger partial charge in [-0.3, -0.25) is 0 Å². The van der Waals surface area contributed by atoms with Gasteiger partial charge in [-0.1, -0.05) is 0 Å². The standard InChI is InChI=1S/C15H12F2N6S/c16-11-2-1-8(4-12(11)17)22-5-10-3-9(22)6-23(10)15-13-14(18-7-19-15)21-24-20-13/h1-2,4,7,9-10H,3,5-6H2/t9-,10+/m0/s1. The molecule has 2 saturated heterocycles. The second kappa shape index (κ2) is 5.04. The first-order valence-corrected chi connectivity index (χ1v) is 8.35. The summed E-state index contributed by atoms with van der Waals surface area (Å²) < 4.78 is 35.1. The summed E-state index contributed by atoms with van der Waals surface area (Å²) >= 11 is 1.13. The molecule has 0 amide bonds. The average molecular weight is 346 g/mol. The minimum atomic E-state index is -0.816. The molecule has 0 spiro atoms. The van der Waals surface area contributed by atoms with E-state index in [2.05, 4.69) is 28.5 Å². The maximum Gasteiger partial charge on any atom is 0.198 e. The van der Waals surface area contributed by atoms with Crippen molar-refractivity contribution < 1.29 is 8.78 Å². The molecule has 2 atom stereocenters. The van der Waals surface area contributed by atoms with E-state index in [0.29, 0.717) is 5.65 Å². The molecule has 2 aliphatic heterocycles. The third kappa shape index (κ3) is 1.97.